The minimum absolute atomic E-state index is 0.0134. The average Bonchev–Trinajstić information content (AvgIpc) is 2.54. The van der Waals surface area contributed by atoms with Crippen LogP contribution in [0.2, 0.25) is 5.02 Å². The number of nitriles is 1. The first-order valence-electron chi connectivity index (χ1n) is 7.36. The molecule has 0 saturated heterocycles. The first-order chi connectivity index (χ1) is 10.5. The summed E-state index contributed by atoms with van der Waals surface area (Å²) in [7, 11) is 0. The summed E-state index contributed by atoms with van der Waals surface area (Å²) in [6.45, 7) is 4.51. The Labute approximate surface area is 137 Å². The van der Waals surface area contributed by atoms with Gasteiger partial charge < -0.3 is 4.74 Å². The molecule has 0 amide bonds. The van der Waals surface area contributed by atoms with Crippen LogP contribution < -0.4 is 0 Å². The highest BCUT2D eigenvalue weighted by atomic mass is 35.5. The fraction of sp³-hybridized carbons (Fsp3) is 0.316. The van der Waals surface area contributed by atoms with Gasteiger partial charge in [-0.2, -0.15) is 5.26 Å². The number of hydrogen-bond acceptors (Lipinski definition) is 2. The Hall–Kier alpha value is -1.82. The van der Waals surface area contributed by atoms with Crippen LogP contribution in [0.25, 0.3) is 0 Å². The van der Waals surface area contributed by atoms with Gasteiger partial charge in [0.1, 0.15) is 0 Å². The largest absolute Gasteiger partial charge is 0.374 e. The summed E-state index contributed by atoms with van der Waals surface area (Å²) < 4.78 is 5.89. The van der Waals surface area contributed by atoms with Crippen LogP contribution in [0.5, 0.6) is 0 Å². The van der Waals surface area contributed by atoms with Crippen LogP contribution in [0.4, 0.5) is 0 Å². The molecule has 0 aliphatic rings. The van der Waals surface area contributed by atoms with E-state index in [-0.39, 0.29) is 6.10 Å². The van der Waals surface area contributed by atoms with E-state index < -0.39 is 5.41 Å². The summed E-state index contributed by atoms with van der Waals surface area (Å²) >= 11 is 5.92. The van der Waals surface area contributed by atoms with E-state index in [9.17, 15) is 5.26 Å². The molecule has 2 aromatic carbocycles. The maximum absolute atomic E-state index is 9.60. The minimum atomic E-state index is -0.583. The van der Waals surface area contributed by atoms with E-state index in [0.717, 1.165) is 11.1 Å². The zero-order valence-corrected chi connectivity index (χ0v) is 13.7. The lowest BCUT2D eigenvalue weighted by Crippen LogP contribution is -2.26. The van der Waals surface area contributed by atoms with Gasteiger partial charge in [0.15, 0.2) is 0 Å². The summed E-state index contributed by atoms with van der Waals surface area (Å²) in [6, 6.07) is 19.9. The van der Waals surface area contributed by atoms with E-state index in [0.29, 0.717) is 18.1 Å². The third kappa shape index (κ3) is 4.34. The van der Waals surface area contributed by atoms with Crippen molar-refractivity contribution >= 4 is 11.6 Å². The molecular formula is C19H20ClNO. The molecule has 2 nitrogen and oxygen atoms in total. The van der Waals surface area contributed by atoms with E-state index >= 15 is 0 Å². The maximum atomic E-state index is 9.60. The minimum Gasteiger partial charge on any atom is -0.374 e. The van der Waals surface area contributed by atoms with Gasteiger partial charge in [-0.3, -0.25) is 0 Å². The van der Waals surface area contributed by atoms with Gasteiger partial charge in [0, 0.05) is 5.02 Å². The molecule has 0 radical (unpaired) electrons. The Bertz CT molecular complexity index is 633. The van der Waals surface area contributed by atoms with Crippen LogP contribution in [0.3, 0.4) is 0 Å². The molecule has 2 unspecified atom stereocenters. The highest BCUT2D eigenvalue weighted by molar-refractivity contribution is 6.30. The number of nitrogens with zero attached hydrogens (tertiary/aromatic N) is 1. The third-order valence-electron chi connectivity index (χ3n) is 3.80. The third-order valence-corrected chi connectivity index (χ3v) is 4.05. The van der Waals surface area contributed by atoms with Crippen molar-refractivity contribution in [3.05, 3.63) is 70.7 Å². The Balaban J connectivity index is 2.00. The molecule has 0 fully saturated rings. The lowest BCUT2D eigenvalue weighted by atomic mass is 9.79. The van der Waals surface area contributed by atoms with E-state index in [1.54, 1.807) is 0 Å². The predicted molar refractivity (Wildman–Crippen MR) is 89.7 cm³/mol. The van der Waals surface area contributed by atoms with Crippen molar-refractivity contribution in [3.63, 3.8) is 0 Å². The molecule has 2 aromatic rings. The maximum Gasteiger partial charge on any atom is 0.0818 e. The van der Waals surface area contributed by atoms with Crippen molar-refractivity contribution in [1.82, 2.24) is 0 Å². The normalized spacial score (nSPS) is 14.8. The first kappa shape index (κ1) is 16.5. The van der Waals surface area contributed by atoms with E-state index in [2.05, 4.69) is 6.07 Å². The van der Waals surface area contributed by atoms with Gasteiger partial charge in [-0.1, -0.05) is 54.1 Å². The van der Waals surface area contributed by atoms with Gasteiger partial charge in [-0.25, -0.2) is 0 Å². The van der Waals surface area contributed by atoms with Crippen molar-refractivity contribution < 1.29 is 4.74 Å². The Morgan fingerprint density at radius 2 is 1.77 bits per heavy atom. The molecule has 0 aliphatic heterocycles. The summed E-state index contributed by atoms with van der Waals surface area (Å²) in [6.07, 6.45) is 0.623. The standard InChI is InChI=1S/C19H20ClNO/c1-15(22-13-16-6-4-3-5-7-16)12-19(2,14-21)17-8-10-18(20)11-9-17/h3-11,15H,12-13H2,1-2H3. The van der Waals surface area contributed by atoms with E-state index in [1.165, 1.54) is 0 Å². The second-order valence-corrected chi connectivity index (χ2v) is 6.20. The van der Waals surface area contributed by atoms with Gasteiger partial charge in [-0.15, -0.1) is 0 Å². The van der Waals surface area contributed by atoms with Crippen molar-refractivity contribution in [2.45, 2.75) is 38.4 Å². The van der Waals surface area contributed by atoms with Crippen LogP contribution >= 0.6 is 11.6 Å². The topological polar surface area (TPSA) is 33.0 Å². The molecule has 0 saturated carbocycles. The summed E-state index contributed by atoms with van der Waals surface area (Å²) in [4.78, 5) is 0. The molecule has 22 heavy (non-hydrogen) atoms. The van der Waals surface area contributed by atoms with Crippen molar-refractivity contribution in [3.8, 4) is 6.07 Å². The molecular weight excluding hydrogens is 294 g/mol. The number of hydrogen-bond donors (Lipinski definition) is 0. The molecule has 3 heteroatoms. The summed E-state index contributed by atoms with van der Waals surface area (Å²) in [5.74, 6) is 0. The molecule has 0 heterocycles. The fourth-order valence-corrected chi connectivity index (χ4v) is 2.62. The number of rotatable bonds is 6. The lowest BCUT2D eigenvalue weighted by molar-refractivity contribution is 0.0385. The average molecular weight is 314 g/mol. The fourth-order valence-electron chi connectivity index (χ4n) is 2.49. The predicted octanol–water partition coefficient (Wildman–Crippen LogP) is 5.12. The Kier molecular flexibility index (Phi) is 5.60. The van der Waals surface area contributed by atoms with Crippen LogP contribution in [0.15, 0.2) is 54.6 Å². The Morgan fingerprint density at radius 1 is 1.14 bits per heavy atom. The highest BCUT2D eigenvalue weighted by Crippen LogP contribution is 2.30. The zero-order valence-electron chi connectivity index (χ0n) is 12.9. The molecule has 0 spiro atoms. The van der Waals surface area contributed by atoms with Crippen molar-refractivity contribution in [2.24, 2.45) is 0 Å². The first-order valence-corrected chi connectivity index (χ1v) is 7.74. The highest BCUT2D eigenvalue weighted by Gasteiger charge is 2.29. The lowest BCUT2D eigenvalue weighted by Gasteiger charge is -2.26. The smallest absolute Gasteiger partial charge is 0.0818 e. The van der Waals surface area contributed by atoms with Gasteiger partial charge in [-0.05, 0) is 43.5 Å². The van der Waals surface area contributed by atoms with Crippen LogP contribution in [0, 0.1) is 11.3 Å². The van der Waals surface area contributed by atoms with E-state index in [1.807, 2.05) is 68.4 Å². The monoisotopic (exact) mass is 313 g/mol. The van der Waals surface area contributed by atoms with E-state index in [4.69, 9.17) is 16.3 Å². The van der Waals surface area contributed by atoms with Crippen LogP contribution in [0.1, 0.15) is 31.4 Å². The zero-order chi connectivity index (χ0) is 16.0. The van der Waals surface area contributed by atoms with Crippen LogP contribution in [-0.2, 0) is 16.8 Å². The van der Waals surface area contributed by atoms with Crippen LogP contribution in [-0.4, -0.2) is 6.10 Å². The molecule has 0 bridgehead atoms. The second-order valence-electron chi connectivity index (χ2n) is 5.76. The summed E-state index contributed by atoms with van der Waals surface area (Å²) in [5, 5.41) is 10.3. The summed E-state index contributed by atoms with van der Waals surface area (Å²) in [5.41, 5.74) is 1.52. The van der Waals surface area contributed by atoms with Gasteiger partial charge in [0.05, 0.1) is 24.2 Å². The molecule has 0 N–H and O–H groups in total. The van der Waals surface area contributed by atoms with Gasteiger partial charge in [0.25, 0.3) is 0 Å². The second kappa shape index (κ2) is 7.45. The Morgan fingerprint density at radius 3 is 2.36 bits per heavy atom. The number of benzene rings is 2. The quantitative estimate of drug-likeness (QED) is 0.741. The molecule has 0 aliphatic carbocycles. The van der Waals surface area contributed by atoms with Crippen molar-refractivity contribution in [1.29, 1.82) is 5.26 Å². The molecule has 114 valence electrons. The molecule has 2 rings (SSSR count). The number of ether oxygens (including phenoxy) is 1. The van der Waals surface area contributed by atoms with Gasteiger partial charge in [0.2, 0.25) is 0 Å². The molecule has 2 atom stereocenters. The van der Waals surface area contributed by atoms with Crippen molar-refractivity contribution in [2.75, 3.05) is 0 Å². The SMILES string of the molecule is CC(CC(C)(C#N)c1ccc(Cl)cc1)OCc1ccccc1. The number of halogens is 1. The van der Waals surface area contributed by atoms with Gasteiger partial charge >= 0.3 is 0 Å². The molecule has 0 aromatic heterocycles.